The van der Waals surface area contributed by atoms with Gasteiger partial charge in [-0.25, -0.2) is 0 Å². The normalized spacial score (nSPS) is 13.5. The topological polar surface area (TPSA) is 83.6 Å². The zero-order valence-electron chi connectivity index (χ0n) is 20.6. The average Bonchev–Trinajstić information content (AvgIpc) is 3.29. The van der Waals surface area contributed by atoms with Crippen LogP contribution in [0.1, 0.15) is 61.6 Å². The van der Waals surface area contributed by atoms with E-state index in [0.717, 1.165) is 42.6 Å². The lowest BCUT2D eigenvalue weighted by molar-refractivity contribution is -0.113. The summed E-state index contributed by atoms with van der Waals surface area (Å²) in [6.45, 7) is 11.0. The van der Waals surface area contributed by atoms with E-state index in [1.54, 1.807) is 17.4 Å². The number of nitrogens with zero attached hydrogens (tertiary/aromatic N) is 4. The number of aryl methyl sites for hydroxylation is 1. The highest BCUT2D eigenvalue weighted by atomic mass is 32.2. The average molecular weight is 506 g/mol. The van der Waals surface area contributed by atoms with Gasteiger partial charge in [0.15, 0.2) is 11.0 Å². The molecule has 0 radical (unpaired) electrons. The van der Waals surface area contributed by atoms with Gasteiger partial charge in [-0.1, -0.05) is 69.3 Å². The van der Waals surface area contributed by atoms with Crippen LogP contribution in [0.3, 0.4) is 0 Å². The lowest BCUT2D eigenvalue weighted by Crippen LogP contribution is -2.14. The van der Waals surface area contributed by atoms with E-state index in [1.165, 1.54) is 28.6 Å². The van der Waals surface area contributed by atoms with Crippen LogP contribution in [0.2, 0.25) is 0 Å². The summed E-state index contributed by atoms with van der Waals surface area (Å²) in [5, 5.41) is 22.8. The molecule has 35 heavy (non-hydrogen) atoms. The minimum absolute atomic E-state index is 0.0775. The van der Waals surface area contributed by atoms with Crippen LogP contribution in [0.5, 0.6) is 0 Å². The molecule has 8 heteroatoms. The standard InChI is InChI=1S/C27H31N5OS2/c1-5-15-32-24(18-11-13-19(14-12-18)27(2,3)4)30-31-26(32)34-17-23(33)29-25-21(16-28)20-9-7-6-8-10-22(20)35-25/h5,11-14H,1,6-10,15,17H2,2-4H3,(H,29,33). The molecule has 0 bridgehead atoms. The molecule has 1 N–H and O–H groups in total. The van der Waals surface area contributed by atoms with Crippen LogP contribution in [-0.4, -0.2) is 26.4 Å². The molecular weight excluding hydrogens is 474 g/mol. The number of allylic oxidation sites excluding steroid dienone is 1. The van der Waals surface area contributed by atoms with E-state index in [9.17, 15) is 10.1 Å². The third-order valence-electron chi connectivity index (χ3n) is 6.16. The summed E-state index contributed by atoms with van der Waals surface area (Å²) in [5.74, 6) is 0.792. The van der Waals surface area contributed by atoms with E-state index in [4.69, 9.17) is 0 Å². The summed E-state index contributed by atoms with van der Waals surface area (Å²) >= 11 is 2.90. The maximum absolute atomic E-state index is 12.8. The number of thioether (sulfide) groups is 1. The monoisotopic (exact) mass is 505 g/mol. The smallest absolute Gasteiger partial charge is 0.235 e. The molecule has 0 saturated heterocycles. The predicted molar refractivity (Wildman–Crippen MR) is 144 cm³/mol. The van der Waals surface area contributed by atoms with E-state index in [2.05, 4.69) is 73.2 Å². The van der Waals surface area contributed by atoms with Gasteiger partial charge in [0, 0.05) is 17.0 Å². The summed E-state index contributed by atoms with van der Waals surface area (Å²) < 4.78 is 1.98. The number of fused-ring (bicyclic) bond motifs is 1. The Hall–Kier alpha value is -2.89. The Kier molecular flexibility index (Phi) is 7.78. The Morgan fingerprint density at radius 3 is 2.66 bits per heavy atom. The summed E-state index contributed by atoms with van der Waals surface area (Å²) in [6.07, 6.45) is 7.15. The fourth-order valence-corrected chi connectivity index (χ4v) is 6.27. The number of carbonyl (C=O) groups excluding carboxylic acids is 1. The van der Waals surface area contributed by atoms with E-state index in [1.807, 2.05) is 4.57 Å². The second-order valence-electron chi connectivity index (χ2n) is 9.75. The first-order valence-electron chi connectivity index (χ1n) is 11.9. The van der Waals surface area contributed by atoms with Crippen molar-refractivity contribution in [3.63, 3.8) is 0 Å². The van der Waals surface area contributed by atoms with Gasteiger partial charge in [-0.2, -0.15) is 5.26 Å². The number of carbonyl (C=O) groups is 1. The molecule has 1 amide bonds. The molecule has 2 aromatic heterocycles. The van der Waals surface area contributed by atoms with Crippen LogP contribution in [-0.2, 0) is 29.6 Å². The molecule has 1 aliphatic rings. The van der Waals surface area contributed by atoms with Crippen LogP contribution >= 0.6 is 23.1 Å². The van der Waals surface area contributed by atoms with Gasteiger partial charge < -0.3 is 5.32 Å². The van der Waals surface area contributed by atoms with Crippen molar-refractivity contribution in [2.75, 3.05) is 11.1 Å². The third kappa shape index (κ3) is 5.68. The Morgan fingerprint density at radius 2 is 1.97 bits per heavy atom. The Bertz CT molecular complexity index is 1260. The van der Waals surface area contributed by atoms with Gasteiger partial charge in [0.1, 0.15) is 11.1 Å². The van der Waals surface area contributed by atoms with E-state index in [0.29, 0.717) is 22.3 Å². The zero-order chi connectivity index (χ0) is 25.0. The van der Waals surface area contributed by atoms with Crippen molar-refractivity contribution in [2.45, 2.75) is 70.0 Å². The van der Waals surface area contributed by atoms with Gasteiger partial charge in [-0.05, 0) is 42.2 Å². The van der Waals surface area contributed by atoms with Crippen LogP contribution < -0.4 is 5.32 Å². The van der Waals surface area contributed by atoms with Gasteiger partial charge in [0.2, 0.25) is 5.91 Å². The van der Waals surface area contributed by atoms with Gasteiger partial charge in [0.25, 0.3) is 0 Å². The first-order valence-corrected chi connectivity index (χ1v) is 13.7. The van der Waals surface area contributed by atoms with Crippen LogP contribution in [0, 0.1) is 11.3 Å². The molecule has 182 valence electrons. The van der Waals surface area contributed by atoms with Crippen molar-refractivity contribution in [2.24, 2.45) is 0 Å². The number of amides is 1. The number of hydrogen-bond acceptors (Lipinski definition) is 6. The van der Waals surface area contributed by atoms with E-state index < -0.39 is 0 Å². The number of hydrogen-bond donors (Lipinski definition) is 1. The fraction of sp³-hybridized carbons (Fsp3) is 0.407. The quantitative estimate of drug-likeness (QED) is 0.229. The molecule has 6 nitrogen and oxygen atoms in total. The molecule has 0 fully saturated rings. The van der Waals surface area contributed by atoms with Gasteiger partial charge in [0.05, 0.1) is 11.3 Å². The maximum Gasteiger partial charge on any atom is 0.235 e. The number of anilines is 1. The second-order valence-corrected chi connectivity index (χ2v) is 11.8. The molecule has 0 spiro atoms. The SMILES string of the molecule is C=CCn1c(SCC(=O)Nc2sc3c(c2C#N)CCCCC3)nnc1-c1ccc(C(C)(C)C)cc1. The minimum atomic E-state index is -0.146. The van der Waals surface area contributed by atoms with Crippen LogP contribution in [0.25, 0.3) is 11.4 Å². The number of rotatable bonds is 7. The third-order valence-corrected chi connectivity index (χ3v) is 8.33. The Morgan fingerprint density at radius 1 is 1.23 bits per heavy atom. The predicted octanol–water partition coefficient (Wildman–Crippen LogP) is 6.36. The molecule has 0 unspecified atom stereocenters. The first kappa shape index (κ1) is 25.2. The summed E-state index contributed by atoms with van der Waals surface area (Å²) in [4.78, 5) is 14.0. The van der Waals surface area contributed by atoms with Crippen molar-refractivity contribution >= 4 is 34.0 Å². The van der Waals surface area contributed by atoms with Crippen molar-refractivity contribution in [1.29, 1.82) is 5.26 Å². The summed E-state index contributed by atoms with van der Waals surface area (Å²) in [6, 6.07) is 10.7. The van der Waals surface area contributed by atoms with Crippen LogP contribution in [0.15, 0.2) is 42.1 Å². The highest BCUT2D eigenvalue weighted by Crippen LogP contribution is 2.37. The molecule has 2 heterocycles. The van der Waals surface area contributed by atoms with Gasteiger partial charge in [-0.15, -0.1) is 28.1 Å². The molecule has 4 rings (SSSR count). The van der Waals surface area contributed by atoms with Crippen molar-refractivity contribution < 1.29 is 4.79 Å². The number of nitrogens with one attached hydrogen (secondary N) is 1. The van der Waals surface area contributed by atoms with Crippen molar-refractivity contribution in [3.05, 3.63) is 58.5 Å². The molecule has 0 atom stereocenters. The van der Waals surface area contributed by atoms with Gasteiger partial charge in [-0.3, -0.25) is 9.36 Å². The lowest BCUT2D eigenvalue weighted by Gasteiger charge is -2.19. The number of aromatic nitrogens is 3. The Balaban J connectivity index is 1.48. The molecular formula is C27H31N5OS2. The molecule has 1 aromatic carbocycles. The molecule has 3 aromatic rings. The maximum atomic E-state index is 12.8. The summed E-state index contributed by atoms with van der Waals surface area (Å²) in [7, 11) is 0. The molecule has 0 aliphatic heterocycles. The lowest BCUT2D eigenvalue weighted by atomic mass is 9.87. The van der Waals surface area contributed by atoms with Crippen molar-refractivity contribution in [1.82, 2.24) is 14.8 Å². The van der Waals surface area contributed by atoms with Crippen molar-refractivity contribution in [3.8, 4) is 17.5 Å². The molecule has 0 saturated carbocycles. The first-order chi connectivity index (χ1) is 16.8. The largest absolute Gasteiger partial charge is 0.316 e. The van der Waals surface area contributed by atoms with Gasteiger partial charge >= 0.3 is 0 Å². The highest BCUT2D eigenvalue weighted by molar-refractivity contribution is 7.99. The number of thiophene rings is 1. The number of benzene rings is 1. The van der Waals surface area contributed by atoms with E-state index in [-0.39, 0.29) is 17.1 Å². The minimum Gasteiger partial charge on any atom is -0.316 e. The van der Waals surface area contributed by atoms with Crippen LogP contribution in [0.4, 0.5) is 5.00 Å². The fourth-order valence-electron chi connectivity index (χ4n) is 4.26. The second kappa shape index (κ2) is 10.8. The summed E-state index contributed by atoms with van der Waals surface area (Å²) in [5.41, 5.74) is 4.08. The Labute approximate surface area is 215 Å². The number of nitriles is 1. The zero-order valence-corrected chi connectivity index (χ0v) is 22.2. The molecule has 1 aliphatic carbocycles. The highest BCUT2D eigenvalue weighted by Gasteiger charge is 2.22. The van der Waals surface area contributed by atoms with E-state index >= 15 is 0 Å².